The van der Waals surface area contributed by atoms with Gasteiger partial charge in [-0.05, 0) is 44.4 Å². The molecule has 3 unspecified atom stereocenters. The molecule has 9 nitrogen and oxygen atoms in total. The van der Waals surface area contributed by atoms with Crippen LogP contribution in [-0.4, -0.2) is 69.5 Å². The number of aliphatic hydroxyl groups excluding tert-OH is 1. The van der Waals surface area contributed by atoms with Crippen LogP contribution in [0.15, 0.2) is 35.5 Å². The molecular formula is C26H28FN7O2. The lowest BCUT2D eigenvalue weighted by Crippen LogP contribution is -2.39. The molecule has 1 N–H and O–H groups in total. The second-order valence-corrected chi connectivity index (χ2v) is 9.48. The van der Waals surface area contributed by atoms with Crippen molar-refractivity contribution in [3.8, 4) is 6.07 Å². The van der Waals surface area contributed by atoms with Crippen LogP contribution in [-0.2, 0) is 0 Å². The number of nitrogens with zero attached hydrogens (tertiary/aromatic N) is 7. The first kappa shape index (κ1) is 23.9. The average molecular weight is 490 g/mol. The van der Waals surface area contributed by atoms with Crippen LogP contribution in [0.1, 0.15) is 52.5 Å². The van der Waals surface area contributed by atoms with Gasteiger partial charge in [0.25, 0.3) is 5.91 Å². The molecule has 4 heterocycles. The van der Waals surface area contributed by atoms with E-state index in [0.717, 1.165) is 36.7 Å². The molecular weight excluding hydrogens is 461 g/mol. The van der Waals surface area contributed by atoms with Crippen LogP contribution >= 0.6 is 0 Å². The minimum absolute atomic E-state index is 0.0429. The molecule has 3 aromatic rings. The summed E-state index contributed by atoms with van der Waals surface area (Å²) in [6.07, 6.45) is 5.66. The van der Waals surface area contributed by atoms with Crippen molar-refractivity contribution in [2.24, 2.45) is 10.9 Å². The topological polar surface area (TPSA) is 110 Å². The van der Waals surface area contributed by atoms with Gasteiger partial charge in [0, 0.05) is 56.6 Å². The van der Waals surface area contributed by atoms with Gasteiger partial charge in [-0.25, -0.2) is 13.9 Å². The van der Waals surface area contributed by atoms with Gasteiger partial charge in [-0.3, -0.25) is 4.79 Å². The molecule has 1 aromatic carbocycles. The van der Waals surface area contributed by atoms with E-state index >= 15 is 0 Å². The van der Waals surface area contributed by atoms with Gasteiger partial charge in [0.15, 0.2) is 5.65 Å². The number of carbonyl (C=O) groups is 1. The number of rotatable bonds is 4. The molecule has 186 valence electrons. The number of fused-ring (bicyclic) bond motifs is 1. The first-order valence-electron chi connectivity index (χ1n) is 12.1. The molecule has 2 aliphatic heterocycles. The third kappa shape index (κ3) is 4.31. The van der Waals surface area contributed by atoms with Crippen LogP contribution in [0.5, 0.6) is 0 Å². The lowest BCUT2D eigenvalue weighted by atomic mass is 9.98. The zero-order chi connectivity index (χ0) is 25.4. The number of benzene rings is 1. The van der Waals surface area contributed by atoms with Gasteiger partial charge in [-0.1, -0.05) is 0 Å². The summed E-state index contributed by atoms with van der Waals surface area (Å²) in [6.45, 7) is 3.56. The quantitative estimate of drug-likeness (QED) is 0.565. The number of nitriles is 1. The fraction of sp³-hybridized carbons (Fsp3) is 0.423. The van der Waals surface area contributed by atoms with E-state index in [1.165, 1.54) is 12.1 Å². The summed E-state index contributed by atoms with van der Waals surface area (Å²) >= 11 is 0. The van der Waals surface area contributed by atoms with E-state index in [1.54, 1.807) is 22.7 Å². The number of aliphatic hydroxyl groups is 1. The number of piperidine rings is 1. The molecule has 5 rings (SSSR count). The molecule has 0 aliphatic carbocycles. The first-order valence-corrected chi connectivity index (χ1v) is 12.1. The molecule has 0 bridgehead atoms. The predicted octanol–water partition coefficient (Wildman–Crippen LogP) is 2.91. The molecule has 1 amide bonds. The summed E-state index contributed by atoms with van der Waals surface area (Å²) in [5.41, 5.74) is 2.41. The molecule has 10 heteroatoms. The van der Waals surface area contributed by atoms with Crippen molar-refractivity contribution >= 4 is 23.6 Å². The molecule has 2 aromatic heterocycles. The van der Waals surface area contributed by atoms with Crippen molar-refractivity contribution in [3.63, 3.8) is 0 Å². The SMILES string of the molecule is CN=CC1CN(c2nc3cc(C4CCCCN4C(=O)c4ccc(C#N)cc4F)nn3cc2C)CC1O. The number of carbonyl (C=O) groups excluding carboxylic acids is 1. The number of aryl methyl sites for hydroxylation is 1. The van der Waals surface area contributed by atoms with Gasteiger partial charge in [0.1, 0.15) is 11.6 Å². The summed E-state index contributed by atoms with van der Waals surface area (Å²) in [5.74, 6) is -0.355. The number of β-amino-alcohol motifs (C(OH)–C–C–N with tert-alkyl or cyclic N) is 1. The molecule has 0 saturated carbocycles. The van der Waals surface area contributed by atoms with E-state index in [0.29, 0.717) is 31.0 Å². The van der Waals surface area contributed by atoms with Crippen LogP contribution < -0.4 is 4.90 Å². The van der Waals surface area contributed by atoms with Crippen LogP contribution in [0.4, 0.5) is 10.2 Å². The van der Waals surface area contributed by atoms with Gasteiger partial charge >= 0.3 is 0 Å². The largest absolute Gasteiger partial charge is 0.391 e. The fourth-order valence-corrected chi connectivity index (χ4v) is 5.22. The Labute approximate surface area is 208 Å². The number of hydrogen-bond donors (Lipinski definition) is 1. The van der Waals surface area contributed by atoms with Crippen molar-refractivity contribution < 1.29 is 14.3 Å². The van der Waals surface area contributed by atoms with Gasteiger partial charge in [-0.15, -0.1) is 0 Å². The smallest absolute Gasteiger partial charge is 0.257 e. The third-order valence-electron chi connectivity index (χ3n) is 7.03. The minimum atomic E-state index is -0.695. The summed E-state index contributed by atoms with van der Waals surface area (Å²) in [7, 11) is 1.70. The maximum Gasteiger partial charge on any atom is 0.257 e. The molecule has 0 radical (unpaired) electrons. The first-order chi connectivity index (χ1) is 17.4. The normalized spacial score (nSPS) is 22.5. The number of likely N-dealkylation sites (tertiary alicyclic amines) is 1. The molecule has 2 aliphatic rings. The number of aromatic nitrogens is 3. The van der Waals surface area contributed by atoms with Crippen LogP contribution in [0.25, 0.3) is 5.65 Å². The number of amides is 1. The Hall–Kier alpha value is -3.84. The van der Waals surface area contributed by atoms with E-state index in [9.17, 15) is 14.3 Å². The molecule has 2 saturated heterocycles. The highest BCUT2D eigenvalue weighted by atomic mass is 19.1. The predicted molar refractivity (Wildman–Crippen MR) is 133 cm³/mol. The lowest BCUT2D eigenvalue weighted by Gasteiger charge is -2.34. The van der Waals surface area contributed by atoms with Gasteiger partial charge < -0.3 is 19.9 Å². The standard InChI is InChI=1S/C26H28FN7O2/c1-16-13-34-24(30-25(16)32-14-18(12-29-2)23(35)15-32)10-21(31-34)22-5-3-4-8-33(22)26(36)19-7-6-17(11-28)9-20(19)27/h6-7,9-10,12-13,18,22-23,35H,3-5,8,14-15H2,1-2H3. The van der Waals surface area contributed by atoms with Gasteiger partial charge in [0.05, 0.1) is 35.0 Å². The monoisotopic (exact) mass is 489 g/mol. The van der Waals surface area contributed by atoms with Crippen LogP contribution in [0.3, 0.4) is 0 Å². The molecule has 36 heavy (non-hydrogen) atoms. The fourth-order valence-electron chi connectivity index (χ4n) is 5.22. The van der Waals surface area contributed by atoms with Crippen LogP contribution in [0, 0.1) is 30.0 Å². The minimum Gasteiger partial charge on any atom is -0.391 e. The summed E-state index contributed by atoms with van der Waals surface area (Å²) < 4.78 is 16.3. The van der Waals surface area contributed by atoms with E-state index in [-0.39, 0.29) is 23.1 Å². The van der Waals surface area contributed by atoms with Gasteiger partial charge in [0.2, 0.25) is 0 Å². The number of hydrogen-bond acceptors (Lipinski definition) is 7. The summed E-state index contributed by atoms with van der Waals surface area (Å²) in [6, 6.07) is 7.41. The zero-order valence-corrected chi connectivity index (χ0v) is 20.3. The van der Waals surface area contributed by atoms with E-state index in [2.05, 4.69) is 9.89 Å². The Balaban J connectivity index is 1.45. The lowest BCUT2D eigenvalue weighted by molar-refractivity contribution is 0.0601. The summed E-state index contributed by atoms with van der Waals surface area (Å²) in [5, 5.41) is 24.1. The number of aliphatic imine (C=N–C) groups is 1. The van der Waals surface area contributed by atoms with Crippen molar-refractivity contribution in [1.82, 2.24) is 19.5 Å². The van der Waals surface area contributed by atoms with Crippen molar-refractivity contribution in [2.75, 3.05) is 31.6 Å². The Morgan fingerprint density at radius 1 is 1.31 bits per heavy atom. The Morgan fingerprint density at radius 3 is 2.89 bits per heavy atom. The molecule has 3 atom stereocenters. The highest BCUT2D eigenvalue weighted by molar-refractivity contribution is 5.95. The number of halogens is 1. The Bertz CT molecular complexity index is 1380. The number of anilines is 1. The van der Waals surface area contributed by atoms with Gasteiger partial charge in [-0.2, -0.15) is 10.4 Å². The third-order valence-corrected chi connectivity index (χ3v) is 7.03. The van der Waals surface area contributed by atoms with Crippen molar-refractivity contribution in [2.45, 2.75) is 38.3 Å². The zero-order valence-electron chi connectivity index (χ0n) is 20.3. The van der Waals surface area contributed by atoms with Crippen molar-refractivity contribution in [3.05, 3.63) is 58.7 Å². The second kappa shape index (κ2) is 9.66. The molecule has 2 fully saturated rings. The Kier molecular flexibility index (Phi) is 6.41. The molecule has 0 spiro atoms. The summed E-state index contributed by atoms with van der Waals surface area (Å²) in [4.78, 5) is 26.0. The second-order valence-electron chi connectivity index (χ2n) is 9.48. The maximum atomic E-state index is 14.6. The van der Waals surface area contributed by atoms with E-state index in [4.69, 9.17) is 15.3 Å². The van der Waals surface area contributed by atoms with E-state index in [1.807, 2.05) is 25.3 Å². The van der Waals surface area contributed by atoms with Crippen molar-refractivity contribution in [1.29, 1.82) is 5.26 Å². The highest BCUT2D eigenvalue weighted by Crippen LogP contribution is 2.33. The average Bonchev–Trinajstić information content (AvgIpc) is 3.45. The Morgan fingerprint density at radius 2 is 2.14 bits per heavy atom. The highest BCUT2D eigenvalue weighted by Gasteiger charge is 2.34. The van der Waals surface area contributed by atoms with E-state index < -0.39 is 17.8 Å². The van der Waals surface area contributed by atoms with Crippen LogP contribution in [0.2, 0.25) is 0 Å². The maximum absolute atomic E-state index is 14.6.